The third kappa shape index (κ3) is 3.71. The highest BCUT2D eigenvalue weighted by Crippen LogP contribution is 2.28. The number of hydrogen-bond acceptors (Lipinski definition) is 2. The summed E-state index contributed by atoms with van der Waals surface area (Å²) in [5, 5.41) is 3.10. The van der Waals surface area contributed by atoms with Gasteiger partial charge in [-0.1, -0.05) is 29.8 Å². The quantitative estimate of drug-likeness (QED) is 0.879. The monoisotopic (exact) mass is 311 g/mol. The van der Waals surface area contributed by atoms with Crippen LogP contribution in [0, 0.1) is 11.6 Å². The Kier molecular flexibility index (Phi) is 5.15. The fourth-order valence-electron chi connectivity index (χ4n) is 1.96. The molecule has 2 rings (SSSR count). The number of halogens is 3. The Balaban J connectivity index is 2.23. The Hall–Kier alpha value is -1.65. The van der Waals surface area contributed by atoms with Gasteiger partial charge in [0, 0.05) is 23.2 Å². The SMILES string of the molecule is CNC(C)c1ccc(F)cc1OCc1cccc(F)c1Cl. The molecule has 0 fully saturated rings. The van der Waals surface area contributed by atoms with E-state index in [0.717, 1.165) is 5.56 Å². The molecule has 0 aliphatic carbocycles. The van der Waals surface area contributed by atoms with Gasteiger partial charge in [-0.3, -0.25) is 0 Å². The van der Waals surface area contributed by atoms with E-state index in [9.17, 15) is 8.78 Å². The summed E-state index contributed by atoms with van der Waals surface area (Å²) in [6.45, 7) is 2.01. The Morgan fingerprint density at radius 2 is 2.00 bits per heavy atom. The average molecular weight is 312 g/mol. The van der Waals surface area contributed by atoms with Crippen molar-refractivity contribution in [3.63, 3.8) is 0 Å². The molecule has 0 heterocycles. The molecule has 5 heteroatoms. The topological polar surface area (TPSA) is 21.3 Å². The summed E-state index contributed by atoms with van der Waals surface area (Å²) in [4.78, 5) is 0. The zero-order valence-corrected chi connectivity index (χ0v) is 12.5. The van der Waals surface area contributed by atoms with Gasteiger partial charge < -0.3 is 10.1 Å². The Labute approximate surface area is 127 Å². The molecule has 0 aliphatic heterocycles. The average Bonchev–Trinajstić information content (AvgIpc) is 2.48. The standard InChI is InChI=1S/C16H16ClF2NO/c1-10(20-2)13-7-6-12(18)8-15(13)21-9-11-4-3-5-14(19)16(11)17/h3-8,10,20H,9H2,1-2H3. The van der Waals surface area contributed by atoms with Crippen LogP contribution in [0.1, 0.15) is 24.1 Å². The molecule has 0 saturated carbocycles. The first-order valence-corrected chi connectivity index (χ1v) is 6.93. The van der Waals surface area contributed by atoms with Gasteiger partial charge in [0.25, 0.3) is 0 Å². The second kappa shape index (κ2) is 6.87. The zero-order valence-electron chi connectivity index (χ0n) is 11.8. The molecule has 0 aliphatic rings. The lowest BCUT2D eigenvalue weighted by Gasteiger charge is -2.17. The van der Waals surface area contributed by atoms with Crippen LogP contribution in [-0.2, 0) is 6.61 Å². The van der Waals surface area contributed by atoms with Crippen LogP contribution in [0.15, 0.2) is 36.4 Å². The van der Waals surface area contributed by atoms with E-state index in [0.29, 0.717) is 11.3 Å². The van der Waals surface area contributed by atoms with E-state index in [2.05, 4.69) is 5.32 Å². The van der Waals surface area contributed by atoms with Crippen LogP contribution in [-0.4, -0.2) is 7.05 Å². The van der Waals surface area contributed by atoms with Gasteiger partial charge in [0.15, 0.2) is 0 Å². The van der Waals surface area contributed by atoms with Gasteiger partial charge in [-0.05, 0) is 26.1 Å². The van der Waals surface area contributed by atoms with Crippen molar-refractivity contribution >= 4 is 11.6 Å². The summed E-state index contributed by atoms with van der Waals surface area (Å²) in [5.41, 5.74) is 1.34. The van der Waals surface area contributed by atoms with E-state index in [4.69, 9.17) is 16.3 Å². The maximum atomic E-state index is 13.4. The van der Waals surface area contributed by atoms with Crippen LogP contribution < -0.4 is 10.1 Å². The van der Waals surface area contributed by atoms with Gasteiger partial charge in [-0.25, -0.2) is 8.78 Å². The molecule has 2 aromatic rings. The summed E-state index contributed by atoms with van der Waals surface area (Å²) < 4.78 is 32.4. The third-order valence-electron chi connectivity index (χ3n) is 3.29. The molecule has 2 nitrogen and oxygen atoms in total. The molecule has 0 bridgehead atoms. The number of ether oxygens (including phenoxy) is 1. The summed E-state index contributed by atoms with van der Waals surface area (Å²) >= 11 is 5.88. The lowest BCUT2D eigenvalue weighted by atomic mass is 10.1. The van der Waals surface area contributed by atoms with Crippen LogP contribution in [0.4, 0.5) is 8.78 Å². The molecule has 1 N–H and O–H groups in total. The van der Waals surface area contributed by atoms with Crippen LogP contribution in [0.2, 0.25) is 5.02 Å². The maximum Gasteiger partial charge on any atom is 0.142 e. The van der Waals surface area contributed by atoms with Gasteiger partial charge >= 0.3 is 0 Å². The number of benzene rings is 2. The van der Waals surface area contributed by atoms with Crippen molar-refractivity contribution in [2.45, 2.75) is 19.6 Å². The first kappa shape index (κ1) is 15.7. The van der Waals surface area contributed by atoms with Gasteiger partial charge in [0.2, 0.25) is 0 Å². The molecule has 0 spiro atoms. The smallest absolute Gasteiger partial charge is 0.142 e. The lowest BCUT2D eigenvalue weighted by Crippen LogP contribution is -2.14. The van der Waals surface area contributed by atoms with Crippen molar-refractivity contribution in [1.82, 2.24) is 5.32 Å². The van der Waals surface area contributed by atoms with Crippen LogP contribution in [0.3, 0.4) is 0 Å². The highest BCUT2D eigenvalue weighted by atomic mass is 35.5. The first-order valence-electron chi connectivity index (χ1n) is 6.55. The van der Waals surface area contributed by atoms with E-state index >= 15 is 0 Å². The van der Waals surface area contributed by atoms with Crippen molar-refractivity contribution in [2.75, 3.05) is 7.05 Å². The van der Waals surface area contributed by atoms with Gasteiger partial charge in [0.05, 0.1) is 5.02 Å². The molecule has 0 aromatic heterocycles. The Bertz CT molecular complexity index is 634. The fraction of sp³-hybridized carbons (Fsp3) is 0.250. The maximum absolute atomic E-state index is 13.4. The third-order valence-corrected chi connectivity index (χ3v) is 3.71. The fourth-order valence-corrected chi connectivity index (χ4v) is 2.14. The predicted octanol–water partition coefficient (Wildman–Crippen LogP) is 4.48. The molecular formula is C16H16ClF2NO. The van der Waals surface area contributed by atoms with Crippen molar-refractivity contribution < 1.29 is 13.5 Å². The van der Waals surface area contributed by atoms with E-state index in [-0.39, 0.29) is 23.5 Å². The number of nitrogens with one attached hydrogen (secondary N) is 1. The Morgan fingerprint density at radius 1 is 1.24 bits per heavy atom. The van der Waals surface area contributed by atoms with Crippen molar-refractivity contribution in [3.8, 4) is 5.75 Å². The minimum atomic E-state index is -0.499. The zero-order chi connectivity index (χ0) is 15.4. The summed E-state index contributed by atoms with van der Waals surface area (Å²) in [5.74, 6) is -0.472. The highest BCUT2D eigenvalue weighted by molar-refractivity contribution is 6.31. The molecular weight excluding hydrogens is 296 g/mol. The molecule has 0 amide bonds. The summed E-state index contributed by atoms with van der Waals surface area (Å²) in [7, 11) is 1.81. The number of rotatable bonds is 5. The molecule has 1 atom stereocenters. The molecule has 0 radical (unpaired) electrons. The van der Waals surface area contributed by atoms with E-state index in [1.807, 2.05) is 6.92 Å². The second-order valence-electron chi connectivity index (χ2n) is 4.69. The summed E-state index contributed by atoms with van der Waals surface area (Å²) in [6.07, 6.45) is 0. The van der Waals surface area contributed by atoms with Crippen molar-refractivity contribution in [3.05, 3.63) is 64.2 Å². The molecule has 21 heavy (non-hydrogen) atoms. The summed E-state index contributed by atoms with van der Waals surface area (Å²) in [6, 6.07) is 8.88. The molecule has 0 saturated heterocycles. The second-order valence-corrected chi connectivity index (χ2v) is 5.07. The molecule has 2 aromatic carbocycles. The first-order chi connectivity index (χ1) is 10.0. The minimum absolute atomic E-state index is 0.00332. The molecule has 1 unspecified atom stereocenters. The number of hydrogen-bond donors (Lipinski definition) is 1. The van der Waals surface area contributed by atoms with Crippen molar-refractivity contribution in [2.24, 2.45) is 0 Å². The minimum Gasteiger partial charge on any atom is -0.488 e. The van der Waals surface area contributed by atoms with E-state index < -0.39 is 5.82 Å². The van der Waals surface area contributed by atoms with Crippen LogP contribution >= 0.6 is 11.6 Å². The van der Waals surface area contributed by atoms with E-state index in [1.54, 1.807) is 25.2 Å². The van der Waals surface area contributed by atoms with Gasteiger partial charge in [-0.15, -0.1) is 0 Å². The normalized spacial score (nSPS) is 12.2. The van der Waals surface area contributed by atoms with Crippen LogP contribution in [0.25, 0.3) is 0 Å². The lowest BCUT2D eigenvalue weighted by molar-refractivity contribution is 0.298. The predicted molar refractivity (Wildman–Crippen MR) is 79.6 cm³/mol. The van der Waals surface area contributed by atoms with Gasteiger partial charge in [0.1, 0.15) is 24.0 Å². The van der Waals surface area contributed by atoms with Gasteiger partial charge in [-0.2, -0.15) is 0 Å². The largest absolute Gasteiger partial charge is 0.488 e. The highest BCUT2D eigenvalue weighted by Gasteiger charge is 2.13. The molecule has 112 valence electrons. The van der Waals surface area contributed by atoms with Crippen LogP contribution in [0.5, 0.6) is 5.75 Å². The van der Waals surface area contributed by atoms with E-state index in [1.165, 1.54) is 18.2 Å². The van der Waals surface area contributed by atoms with Crippen molar-refractivity contribution in [1.29, 1.82) is 0 Å². The Morgan fingerprint density at radius 3 is 2.71 bits per heavy atom.